The Hall–Kier alpha value is -2.56. The van der Waals surface area contributed by atoms with Gasteiger partial charge in [0.05, 0.1) is 6.20 Å². The third-order valence-electron chi connectivity index (χ3n) is 2.74. The highest BCUT2D eigenvalue weighted by Gasteiger charge is 2.00. The van der Waals surface area contributed by atoms with E-state index in [1.165, 1.54) is 0 Å². The van der Waals surface area contributed by atoms with E-state index in [0.717, 1.165) is 16.8 Å². The Balaban J connectivity index is 1.68. The van der Waals surface area contributed by atoms with E-state index in [4.69, 9.17) is 4.74 Å². The first-order valence-electron chi connectivity index (χ1n) is 6.37. The minimum absolute atomic E-state index is 0.275. The van der Waals surface area contributed by atoms with Crippen molar-refractivity contribution < 1.29 is 9.53 Å². The molecular weight excluding hydrogens is 254 g/mol. The number of nitrogens with zero attached hydrogens (tertiary/aromatic N) is 1. The Morgan fingerprint density at radius 2 is 2.20 bits per heavy atom. The summed E-state index contributed by atoms with van der Waals surface area (Å²) in [4.78, 5) is 11.5. The monoisotopic (exact) mass is 271 g/mol. The van der Waals surface area contributed by atoms with Gasteiger partial charge in [-0.3, -0.25) is 5.10 Å². The number of nitrogens with one attached hydrogen (secondary N) is 2. The molecule has 0 unspecified atom stereocenters. The number of benzene rings is 1. The molecule has 0 radical (unpaired) electrons. The van der Waals surface area contributed by atoms with Crippen LogP contribution in [-0.2, 0) is 11.3 Å². The molecule has 2 N–H and O–H groups in total. The van der Waals surface area contributed by atoms with E-state index in [2.05, 4.69) is 15.5 Å². The van der Waals surface area contributed by atoms with E-state index in [0.29, 0.717) is 6.54 Å². The maximum atomic E-state index is 11.5. The molecule has 104 valence electrons. The van der Waals surface area contributed by atoms with Gasteiger partial charge in [-0.1, -0.05) is 42.5 Å². The fraction of sp³-hybridized carbons (Fsp3) is 0.200. The first-order valence-corrected chi connectivity index (χ1v) is 6.37. The van der Waals surface area contributed by atoms with Crippen molar-refractivity contribution in [1.82, 2.24) is 15.5 Å². The Kier molecular flexibility index (Phi) is 4.94. The lowest BCUT2D eigenvalue weighted by molar-refractivity contribution is 0.141. The quantitative estimate of drug-likeness (QED) is 0.878. The highest BCUT2D eigenvalue weighted by molar-refractivity contribution is 5.67. The van der Waals surface area contributed by atoms with Gasteiger partial charge in [0, 0.05) is 17.8 Å². The molecule has 0 saturated carbocycles. The van der Waals surface area contributed by atoms with Crippen molar-refractivity contribution >= 4 is 12.2 Å². The summed E-state index contributed by atoms with van der Waals surface area (Å²) >= 11 is 0. The summed E-state index contributed by atoms with van der Waals surface area (Å²) in [6.45, 7) is 2.63. The lowest BCUT2D eigenvalue weighted by Gasteiger charge is -2.05. The third-order valence-corrected chi connectivity index (χ3v) is 2.74. The zero-order valence-electron chi connectivity index (χ0n) is 11.3. The first kappa shape index (κ1) is 13.9. The van der Waals surface area contributed by atoms with Gasteiger partial charge in [0.25, 0.3) is 0 Å². The van der Waals surface area contributed by atoms with Crippen LogP contribution in [0.25, 0.3) is 6.08 Å². The van der Waals surface area contributed by atoms with E-state index in [1.54, 1.807) is 6.20 Å². The molecule has 1 amide bonds. The van der Waals surface area contributed by atoms with Crippen molar-refractivity contribution in [3.63, 3.8) is 0 Å². The van der Waals surface area contributed by atoms with Crippen LogP contribution in [0.2, 0.25) is 0 Å². The highest BCUT2D eigenvalue weighted by atomic mass is 16.5. The molecule has 1 heterocycles. The number of amides is 1. The molecular formula is C15H17N3O2. The normalized spacial score (nSPS) is 10.7. The average Bonchev–Trinajstić information content (AvgIpc) is 2.88. The molecule has 0 saturated heterocycles. The number of aromatic amines is 1. The van der Waals surface area contributed by atoms with Crippen LogP contribution in [0.3, 0.4) is 0 Å². The van der Waals surface area contributed by atoms with Crippen molar-refractivity contribution in [2.24, 2.45) is 0 Å². The van der Waals surface area contributed by atoms with E-state index in [-0.39, 0.29) is 6.61 Å². The Labute approximate surface area is 117 Å². The summed E-state index contributed by atoms with van der Waals surface area (Å²) in [7, 11) is 0. The van der Waals surface area contributed by atoms with E-state index >= 15 is 0 Å². The summed E-state index contributed by atoms with van der Waals surface area (Å²) in [5.74, 6) is 0. The molecule has 0 aliphatic carbocycles. The Bertz CT molecular complexity index is 576. The second kappa shape index (κ2) is 7.13. The summed E-state index contributed by atoms with van der Waals surface area (Å²) in [6.07, 6.45) is 5.06. The predicted octanol–water partition coefficient (Wildman–Crippen LogP) is 2.66. The van der Waals surface area contributed by atoms with Gasteiger partial charge in [-0.15, -0.1) is 0 Å². The number of hydrogen-bond acceptors (Lipinski definition) is 3. The van der Waals surface area contributed by atoms with Crippen LogP contribution in [0.4, 0.5) is 4.79 Å². The summed E-state index contributed by atoms with van der Waals surface area (Å²) in [6, 6.07) is 9.56. The van der Waals surface area contributed by atoms with Crippen molar-refractivity contribution in [2.45, 2.75) is 13.5 Å². The van der Waals surface area contributed by atoms with Crippen LogP contribution in [-0.4, -0.2) is 22.8 Å². The van der Waals surface area contributed by atoms with Crippen LogP contribution in [0.15, 0.2) is 42.6 Å². The summed E-state index contributed by atoms with van der Waals surface area (Å²) < 4.78 is 5.09. The van der Waals surface area contributed by atoms with Gasteiger partial charge in [-0.25, -0.2) is 4.79 Å². The zero-order chi connectivity index (χ0) is 14.2. The molecule has 1 aromatic heterocycles. The third kappa shape index (κ3) is 4.28. The molecule has 0 aliphatic rings. The minimum Gasteiger partial charge on any atom is -0.445 e. The number of aryl methyl sites for hydroxylation is 1. The van der Waals surface area contributed by atoms with Crippen molar-refractivity contribution in [3.8, 4) is 0 Å². The molecule has 20 heavy (non-hydrogen) atoms. The van der Waals surface area contributed by atoms with Crippen LogP contribution in [0.5, 0.6) is 0 Å². The SMILES string of the molecule is Cc1[nH]ncc1C=CCNC(=O)OCc1ccccc1. The Morgan fingerprint density at radius 1 is 1.40 bits per heavy atom. The van der Waals surface area contributed by atoms with Crippen LogP contribution in [0, 0.1) is 6.92 Å². The number of carbonyl (C=O) groups is 1. The maximum Gasteiger partial charge on any atom is 0.407 e. The summed E-state index contributed by atoms with van der Waals surface area (Å²) in [5, 5.41) is 9.41. The van der Waals surface area contributed by atoms with Gasteiger partial charge in [0.2, 0.25) is 0 Å². The van der Waals surface area contributed by atoms with Crippen LogP contribution >= 0.6 is 0 Å². The van der Waals surface area contributed by atoms with Gasteiger partial charge in [-0.2, -0.15) is 5.10 Å². The number of aromatic nitrogens is 2. The molecule has 0 aliphatic heterocycles. The van der Waals surface area contributed by atoms with E-state index < -0.39 is 6.09 Å². The lowest BCUT2D eigenvalue weighted by Crippen LogP contribution is -2.24. The fourth-order valence-electron chi connectivity index (χ4n) is 1.63. The smallest absolute Gasteiger partial charge is 0.407 e. The maximum absolute atomic E-state index is 11.5. The van der Waals surface area contributed by atoms with Crippen molar-refractivity contribution in [3.05, 3.63) is 59.4 Å². The molecule has 0 atom stereocenters. The van der Waals surface area contributed by atoms with E-state index in [1.807, 2.05) is 49.4 Å². The molecule has 2 rings (SSSR count). The molecule has 0 bridgehead atoms. The molecule has 0 fully saturated rings. The topological polar surface area (TPSA) is 67.0 Å². The standard InChI is InChI=1S/C15H17N3O2/c1-12-14(10-17-18-12)8-5-9-16-15(19)20-11-13-6-3-2-4-7-13/h2-8,10H,9,11H2,1H3,(H,16,19)(H,17,18). The van der Waals surface area contributed by atoms with Crippen LogP contribution < -0.4 is 5.32 Å². The van der Waals surface area contributed by atoms with Crippen LogP contribution in [0.1, 0.15) is 16.8 Å². The molecule has 5 heteroatoms. The zero-order valence-corrected chi connectivity index (χ0v) is 11.3. The average molecular weight is 271 g/mol. The van der Waals surface area contributed by atoms with Gasteiger partial charge in [0.15, 0.2) is 0 Å². The minimum atomic E-state index is -0.428. The van der Waals surface area contributed by atoms with Gasteiger partial charge in [0.1, 0.15) is 6.61 Å². The summed E-state index contributed by atoms with van der Waals surface area (Å²) in [5.41, 5.74) is 2.96. The second-order valence-corrected chi connectivity index (χ2v) is 4.30. The molecule has 2 aromatic rings. The van der Waals surface area contributed by atoms with Crippen molar-refractivity contribution in [1.29, 1.82) is 0 Å². The number of rotatable bonds is 5. The highest BCUT2D eigenvalue weighted by Crippen LogP contribution is 2.04. The van der Waals surface area contributed by atoms with Crippen molar-refractivity contribution in [2.75, 3.05) is 6.54 Å². The molecule has 0 spiro atoms. The molecule has 5 nitrogen and oxygen atoms in total. The second-order valence-electron chi connectivity index (χ2n) is 4.30. The predicted molar refractivity (Wildman–Crippen MR) is 77.0 cm³/mol. The number of H-pyrrole nitrogens is 1. The first-order chi connectivity index (χ1) is 9.75. The largest absolute Gasteiger partial charge is 0.445 e. The van der Waals surface area contributed by atoms with Gasteiger partial charge < -0.3 is 10.1 Å². The van der Waals surface area contributed by atoms with Gasteiger partial charge in [-0.05, 0) is 12.5 Å². The number of hydrogen-bond donors (Lipinski definition) is 2. The Morgan fingerprint density at radius 3 is 2.90 bits per heavy atom. The number of alkyl carbamates (subject to hydrolysis) is 1. The van der Waals surface area contributed by atoms with Gasteiger partial charge >= 0.3 is 6.09 Å². The number of ether oxygens (including phenoxy) is 1. The number of carbonyl (C=O) groups excluding carboxylic acids is 1. The lowest BCUT2D eigenvalue weighted by atomic mass is 10.2. The molecule has 1 aromatic carbocycles. The fourth-order valence-corrected chi connectivity index (χ4v) is 1.63. The van der Waals surface area contributed by atoms with E-state index in [9.17, 15) is 4.79 Å².